The SMILES string of the molecule is CCN(C(=O)c1cc(F)c2c(c1Oc1nncnc1N1CCC3(C1)CN(C(CCNCCOC)C(C)C)C3)OC(=O)/C=C/C(=O)O2)C(C)C. The molecule has 3 aliphatic heterocycles. The van der Waals surface area contributed by atoms with Crippen molar-refractivity contribution in [3.8, 4) is 23.1 Å². The number of esters is 2. The Hall–Kier alpha value is -4.21. The molecule has 0 radical (unpaired) electrons. The smallest absolute Gasteiger partial charge is 0.336 e. The number of carbonyl (C=O) groups is 3. The zero-order chi connectivity index (χ0) is 35.3. The van der Waals surface area contributed by atoms with Gasteiger partial charge in [-0.25, -0.2) is 19.0 Å². The van der Waals surface area contributed by atoms with Crippen molar-refractivity contribution < 1.29 is 37.7 Å². The fraction of sp³-hybridized carbons (Fsp3) is 0.588. The van der Waals surface area contributed by atoms with Crippen LogP contribution >= 0.6 is 0 Å². The zero-order valence-corrected chi connectivity index (χ0v) is 29.0. The highest BCUT2D eigenvalue weighted by atomic mass is 19.1. The maximum absolute atomic E-state index is 15.5. The van der Waals surface area contributed by atoms with E-state index in [0.29, 0.717) is 44.0 Å². The molecule has 1 spiro atoms. The molecule has 5 rings (SSSR count). The predicted octanol–water partition coefficient (Wildman–Crippen LogP) is 3.22. The van der Waals surface area contributed by atoms with Crippen molar-refractivity contribution in [2.24, 2.45) is 11.3 Å². The van der Waals surface area contributed by atoms with Crippen molar-refractivity contribution in [1.29, 1.82) is 0 Å². The van der Waals surface area contributed by atoms with Gasteiger partial charge in [0.1, 0.15) is 6.33 Å². The van der Waals surface area contributed by atoms with Crippen LogP contribution in [0.1, 0.15) is 57.8 Å². The second-order valence-corrected chi connectivity index (χ2v) is 13.4. The van der Waals surface area contributed by atoms with Gasteiger partial charge in [-0.3, -0.25) is 9.69 Å². The highest BCUT2D eigenvalue weighted by Crippen LogP contribution is 2.48. The molecule has 2 saturated heterocycles. The van der Waals surface area contributed by atoms with Crippen LogP contribution in [0.4, 0.5) is 10.2 Å². The number of fused-ring (bicyclic) bond motifs is 1. The van der Waals surface area contributed by atoms with Crippen LogP contribution < -0.4 is 24.4 Å². The number of nitrogens with zero attached hydrogens (tertiary/aromatic N) is 6. The van der Waals surface area contributed by atoms with Crippen LogP contribution in [0.5, 0.6) is 23.1 Å². The molecule has 2 fully saturated rings. The van der Waals surface area contributed by atoms with E-state index >= 15 is 4.39 Å². The number of aromatic nitrogens is 3. The van der Waals surface area contributed by atoms with Crippen LogP contribution in [0.2, 0.25) is 0 Å². The molecular weight excluding hydrogens is 637 g/mol. The molecule has 266 valence electrons. The molecular formula is C34H46FN7O7. The summed E-state index contributed by atoms with van der Waals surface area (Å²) in [7, 11) is 1.70. The van der Waals surface area contributed by atoms with Crippen molar-refractivity contribution in [1.82, 2.24) is 30.3 Å². The van der Waals surface area contributed by atoms with Gasteiger partial charge in [-0.05, 0) is 52.1 Å². The average molecular weight is 684 g/mol. The Morgan fingerprint density at radius 1 is 1.10 bits per heavy atom. The van der Waals surface area contributed by atoms with Crippen molar-refractivity contribution in [2.75, 3.05) is 64.4 Å². The molecule has 0 saturated carbocycles. The minimum Gasteiger partial charge on any atom is -0.430 e. The first-order chi connectivity index (χ1) is 23.5. The van der Waals surface area contributed by atoms with E-state index in [-0.39, 0.29) is 28.6 Å². The van der Waals surface area contributed by atoms with E-state index in [2.05, 4.69) is 44.1 Å². The van der Waals surface area contributed by atoms with Crippen molar-refractivity contribution in [3.05, 3.63) is 35.9 Å². The molecule has 1 unspecified atom stereocenters. The lowest BCUT2D eigenvalue weighted by Crippen LogP contribution is -2.62. The second kappa shape index (κ2) is 15.6. The normalized spacial score (nSPS) is 18.4. The van der Waals surface area contributed by atoms with Crippen LogP contribution in [0, 0.1) is 17.2 Å². The molecule has 0 bridgehead atoms. The van der Waals surface area contributed by atoms with Gasteiger partial charge in [0.15, 0.2) is 17.4 Å². The van der Waals surface area contributed by atoms with Crippen LogP contribution in [0.25, 0.3) is 0 Å². The third-order valence-electron chi connectivity index (χ3n) is 9.28. The molecule has 1 aromatic heterocycles. The lowest BCUT2D eigenvalue weighted by molar-refractivity contribution is -0.133. The Morgan fingerprint density at radius 2 is 1.82 bits per heavy atom. The van der Waals surface area contributed by atoms with Gasteiger partial charge in [0.25, 0.3) is 11.8 Å². The molecule has 1 amide bonds. The topological polar surface area (TPSA) is 149 Å². The number of ether oxygens (including phenoxy) is 4. The summed E-state index contributed by atoms with van der Waals surface area (Å²) >= 11 is 0. The number of amides is 1. The quantitative estimate of drug-likeness (QED) is 0.177. The summed E-state index contributed by atoms with van der Waals surface area (Å²) < 4.78 is 37.5. The molecule has 1 atom stereocenters. The largest absolute Gasteiger partial charge is 0.430 e. The summed E-state index contributed by atoms with van der Waals surface area (Å²) in [4.78, 5) is 49.3. The summed E-state index contributed by atoms with van der Waals surface area (Å²) in [6.45, 7) is 15.9. The third-order valence-corrected chi connectivity index (χ3v) is 9.28. The number of benzene rings is 1. The van der Waals surface area contributed by atoms with E-state index < -0.39 is 35.2 Å². The summed E-state index contributed by atoms with van der Waals surface area (Å²) in [5, 5.41) is 11.6. The number of rotatable bonds is 14. The number of hydrogen-bond acceptors (Lipinski definition) is 13. The average Bonchev–Trinajstić information content (AvgIpc) is 3.49. The van der Waals surface area contributed by atoms with Crippen LogP contribution in [0.3, 0.4) is 0 Å². The maximum Gasteiger partial charge on any atom is 0.336 e. The standard InChI is InChI=1S/C34H46FN7O7/c1-7-42(22(4)5)33(45)23-16-24(35)29-30(48-27(44)9-8-26(43)47-29)28(23)49-32-31(37-20-38-39-32)40-14-11-34(17-40)18-41(19-34)25(21(2)3)10-12-36-13-15-46-6/h8-9,16,20-22,25,36H,7,10-15,17-19H2,1-6H3/b9-8+. The minimum absolute atomic E-state index is 0.0557. The number of methoxy groups -OCH3 is 1. The van der Waals surface area contributed by atoms with Gasteiger partial charge in [0.2, 0.25) is 11.5 Å². The van der Waals surface area contributed by atoms with Gasteiger partial charge in [0, 0.05) is 76.0 Å². The number of halogens is 1. The van der Waals surface area contributed by atoms with Gasteiger partial charge < -0.3 is 34.1 Å². The first kappa shape index (κ1) is 36.1. The first-order valence-electron chi connectivity index (χ1n) is 16.8. The van der Waals surface area contributed by atoms with E-state index in [0.717, 1.165) is 57.2 Å². The highest BCUT2D eigenvalue weighted by molar-refractivity contribution is 6.01. The summed E-state index contributed by atoms with van der Waals surface area (Å²) in [6.07, 6.45) is 4.94. The molecule has 4 heterocycles. The van der Waals surface area contributed by atoms with E-state index in [1.54, 1.807) is 14.0 Å². The number of nitrogens with one attached hydrogen (secondary N) is 1. The Labute approximate surface area is 285 Å². The fourth-order valence-electron chi connectivity index (χ4n) is 6.89. The molecule has 1 N–H and O–H groups in total. The maximum atomic E-state index is 15.5. The van der Waals surface area contributed by atoms with Crippen molar-refractivity contribution in [3.63, 3.8) is 0 Å². The Balaban J connectivity index is 1.42. The van der Waals surface area contributed by atoms with Gasteiger partial charge in [-0.1, -0.05) is 13.8 Å². The molecule has 1 aromatic carbocycles. The zero-order valence-electron chi connectivity index (χ0n) is 29.0. The van der Waals surface area contributed by atoms with Gasteiger partial charge in [-0.15, -0.1) is 10.2 Å². The van der Waals surface area contributed by atoms with Crippen molar-refractivity contribution >= 4 is 23.7 Å². The van der Waals surface area contributed by atoms with E-state index in [4.69, 9.17) is 18.9 Å². The van der Waals surface area contributed by atoms with Crippen LogP contribution in [-0.4, -0.2) is 114 Å². The third kappa shape index (κ3) is 8.00. The Morgan fingerprint density at radius 3 is 2.47 bits per heavy atom. The van der Waals surface area contributed by atoms with Gasteiger partial charge in [0.05, 0.1) is 12.2 Å². The number of carbonyl (C=O) groups excluding carboxylic acids is 3. The molecule has 3 aliphatic rings. The molecule has 2 aromatic rings. The summed E-state index contributed by atoms with van der Waals surface area (Å²) in [6, 6.07) is 1.10. The van der Waals surface area contributed by atoms with Crippen LogP contribution in [-0.2, 0) is 14.3 Å². The molecule has 14 nitrogen and oxygen atoms in total. The Bertz CT molecular complexity index is 1560. The number of hydrogen-bond donors (Lipinski definition) is 1. The molecule has 15 heteroatoms. The summed E-state index contributed by atoms with van der Waals surface area (Å²) in [5.41, 5.74) is -0.194. The van der Waals surface area contributed by atoms with Gasteiger partial charge in [-0.2, -0.15) is 0 Å². The number of likely N-dealkylation sites (tertiary alicyclic amines) is 1. The lowest BCUT2D eigenvalue weighted by atomic mass is 9.76. The Kier molecular flexibility index (Phi) is 11.5. The molecule has 49 heavy (non-hydrogen) atoms. The van der Waals surface area contributed by atoms with E-state index in [9.17, 15) is 14.4 Å². The predicted molar refractivity (Wildman–Crippen MR) is 177 cm³/mol. The van der Waals surface area contributed by atoms with Crippen molar-refractivity contribution in [2.45, 2.75) is 59.5 Å². The minimum atomic E-state index is -1.08. The van der Waals surface area contributed by atoms with Crippen LogP contribution in [0.15, 0.2) is 24.5 Å². The monoisotopic (exact) mass is 683 g/mol. The van der Waals surface area contributed by atoms with Gasteiger partial charge >= 0.3 is 11.9 Å². The fourth-order valence-corrected chi connectivity index (χ4v) is 6.89. The van der Waals surface area contributed by atoms with E-state index in [1.165, 1.54) is 11.2 Å². The van der Waals surface area contributed by atoms with E-state index in [1.807, 2.05) is 13.8 Å². The second-order valence-electron chi connectivity index (χ2n) is 13.4. The first-order valence-corrected chi connectivity index (χ1v) is 16.8. The molecule has 0 aliphatic carbocycles. The summed E-state index contributed by atoms with van der Waals surface area (Å²) in [5.74, 6) is -4.46. The highest BCUT2D eigenvalue weighted by Gasteiger charge is 2.50. The lowest BCUT2D eigenvalue weighted by Gasteiger charge is -2.53. The number of anilines is 1.